The van der Waals surface area contributed by atoms with Gasteiger partial charge in [0.2, 0.25) is 11.8 Å². The molecule has 5 nitrogen and oxygen atoms in total. The fourth-order valence-corrected chi connectivity index (χ4v) is 2.82. The summed E-state index contributed by atoms with van der Waals surface area (Å²) in [7, 11) is 0. The summed E-state index contributed by atoms with van der Waals surface area (Å²) in [6.07, 6.45) is 1.10. The van der Waals surface area contributed by atoms with Crippen LogP contribution >= 0.6 is 31.9 Å². The molecular weight excluding hydrogens is 392 g/mol. The first-order valence-corrected chi connectivity index (χ1v) is 7.68. The fourth-order valence-electron chi connectivity index (χ4n) is 2.05. The van der Waals surface area contributed by atoms with Crippen LogP contribution in [0, 0.1) is 5.92 Å². The highest BCUT2D eigenvalue weighted by atomic mass is 79.9. The number of anilines is 1. The molecule has 1 aromatic carbocycles. The molecule has 0 radical (unpaired) electrons. The Kier molecular flexibility index (Phi) is 4.59. The zero-order valence-corrected chi connectivity index (χ0v) is 13.8. The molecule has 1 aromatic rings. The second-order valence-electron chi connectivity index (χ2n) is 4.41. The third kappa shape index (κ3) is 2.78. The van der Waals surface area contributed by atoms with Gasteiger partial charge < -0.3 is 0 Å². The van der Waals surface area contributed by atoms with Crippen molar-refractivity contribution in [3.8, 4) is 0 Å². The number of benzene rings is 1. The highest BCUT2D eigenvalue weighted by Crippen LogP contribution is 2.32. The topological polar surface area (TPSA) is 66.5 Å². The van der Waals surface area contributed by atoms with Crippen LogP contribution in [0.1, 0.15) is 19.8 Å². The van der Waals surface area contributed by atoms with Crippen molar-refractivity contribution in [2.24, 2.45) is 5.92 Å². The van der Waals surface area contributed by atoms with Crippen molar-refractivity contribution in [3.63, 3.8) is 0 Å². The Morgan fingerprint density at radius 2 is 1.95 bits per heavy atom. The first-order valence-electron chi connectivity index (χ1n) is 6.09. The molecule has 0 spiro atoms. The standard InChI is InChI=1S/C13H12Br2N2O3/c1-2-3-8-11(18)16-13(20)17(12(8)19)10-6-7(14)4-5-9(10)15/h4-6,8H,2-3H2,1H3,(H,16,18,20). The molecule has 2 rings (SSSR count). The van der Waals surface area contributed by atoms with E-state index in [4.69, 9.17) is 0 Å². The lowest BCUT2D eigenvalue weighted by Gasteiger charge is -2.30. The Labute approximate surface area is 133 Å². The zero-order chi connectivity index (χ0) is 14.9. The molecule has 7 heteroatoms. The maximum Gasteiger partial charge on any atom is 0.335 e. The molecule has 1 aliphatic rings. The summed E-state index contributed by atoms with van der Waals surface area (Å²) in [5.41, 5.74) is 0.412. The number of nitrogens with one attached hydrogen (secondary N) is 1. The largest absolute Gasteiger partial charge is 0.335 e. The maximum absolute atomic E-state index is 12.4. The van der Waals surface area contributed by atoms with Gasteiger partial charge in [-0.25, -0.2) is 9.69 Å². The van der Waals surface area contributed by atoms with E-state index in [0.717, 1.165) is 9.37 Å². The van der Waals surface area contributed by atoms with Crippen molar-refractivity contribution in [2.45, 2.75) is 19.8 Å². The summed E-state index contributed by atoms with van der Waals surface area (Å²) >= 11 is 6.62. The molecule has 20 heavy (non-hydrogen) atoms. The van der Waals surface area contributed by atoms with E-state index in [0.29, 0.717) is 23.0 Å². The quantitative estimate of drug-likeness (QED) is 0.788. The highest BCUT2D eigenvalue weighted by molar-refractivity contribution is 9.11. The first-order chi connectivity index (χ1) is 9.45. The van der Waals surface area contributed by atoms with Crippen LogP contribution in [0.15, 0.2) is 27.1 Å². The molecule has 106 valence electrons. The molecule has 0 saturated carbocycles. The van der Waals surface area contributed by atoms with Gasteiger partial charge in [-0.15, -0.1) is 0 Å². The molecule has 1 heterocycles. The second-order valence-corrected chi connectivity index (χ2v) is 6.18. The fraction of sp³-hybridized carbons (Fsp3) is 0.308. The Morgan fingerprint density at radius 1 is 1.25 bits per heavy atom. The normalized spacial score (nSPS) is 19.2. The number of barbiturate groups is 1. The van der Waals surface area contributed by atoms with Crippen molar-refractivity contribution in [1.29, 1.82) is 0 Å². The molecule has 1 N–H and O–H groups in total. The average molecular weight is 404 g/mol. The van der Waals surface area contributed by atoms with E-state index in [1.807, 2.05) is 6.92 Å². The van der Waals surface area contributed by atoms with Crippen LogP contribution in [0.4, 0.5) is 10.5 Å². The molecule has 0 aliphatic carbocycles. The predicted octanol–water partition coefficient (Wildman–Crippen LogP) is 3.21. The summed E-state index contributed by atoms with van der Waals surface area (Å²) in [6.45, 7) is 1.89. The summed E-state index contributed by atoms with van der Waals surface area (Å²) in [5, 5.41) is 2.23. The maximum atomic E-state index is 12.4. The van der Waals surface area contributed by atoms with Crippen molar-refractivity contribution >= 4 is 55.4 Å². The summed E-state index contributed by atoms with van der Waals surface area (Å²) in [5.74, 6) is -1.83. The third-order valence-corrected chi connectivity index (χ3v) is 4.16. The molecule has 1 unspecified atom stereocenters. The minimum atomic E-state index is -0.816. The lowest BCUT2D eigenvalue weighted by molar-refractivity contribution is -0.134. The van der Waals surface area contributed by atoms with Crippen LogP contribution in [0.25, 0.3) is 0 Å². The van der Waals surface area contributed by atoms with Gasteiger partial charge in [-0.2, -0.15) is 0 Å². The lowest BCUT2D eigenvalue weighted by atomic mass is 9.99. The molecule has 4 amide bonds. The molecule has 0 bridgehead atoms. The Morgan fingerprint density at radius 3 is 2.60 bits per heavy atom. The summed E-state index contributed by atoms with van der Waals surface area (Å²) in [6, 6.07) is 4.45. The Bertz CT molecular complexity index is 589. The molecule has 1 aliphatic heterocycles. The van der Waals surface area contributed by atoms with Gasteiger partial charge in [0.05, 0.1) is 5.69 Å². The molecule has 1 fully saturated rings. The Hall–Kier alpha value is -1.21. The van der Waals surface area contributed by atoms with Crippen LogP contribution in [-0.4, -0.2) is 17.8 Å². The van der Waals surface area contributed by atoms with E-state index in [1.165, 1.54) is 0 Å². The van der Waals surface area contributed by atoms with Gasteiger partial charge in [0.25, 0.3) is 0 Å². The lowest BCUT2D eigenvalue weighted by Crippen LogP contribution is -2.58. The number of carbonyl (C=O) groups excluding carboxylic acids is 3. The van der Waals surface area contributed by atoms with E-state index in [-0.39, 0.29) is 0 Å². The summed E-state index contributed by atoms with van der Waals surface area (Å²) < 4.78 is 1.34. The van der Waals surface area contributed by atoms with Crippen molar-refractivity contribution < 1.29 is 14.4 Å². The van der Waals surface area contributed by atoms with Gasteiger partial charge in [0.15, 0.2) is 0 Å². The van der Waals surface area contributed by atoms with Gasteiger partial charge in [-0.1, -0.05) is 29.3 Å². The number of amides is 4. The summed E-state index contributed by atoms with van der Waals surface area (Å²) in [4.78, 5) is 37.1. The van der Waals surface area contributed by atoms with Crippen LogP contribution < -0.4 is 10.2 Å². The van der Waals surface area contributed by atoms with Crippen LogP contribution in [-0.2, 0) is 9.59 Å². The number of nitrogens with zero attached hydrogens (tertiary/aromatic N) is 1. The number of imide groups is 2. The third-order valence-electron chi connectivity index (χ3n) is 2.99. The average Bonchev–Trinajstić information content (AvgIpc) is 2.38. The number of halogens is 2. The van der Waals surface area contributed by atoms with Gasteiger partial charge in [0, 0.05) is 8.95 Å². The number of hydrogen-bond acceptors (Lipinski definition) is 3. The van der Waals surface area contributed by atoms with E-state index in [2.05, 4.69) is 37.2 Å². The molecule has 1 atom stereocenters. The minimum absolute atomic E-state index is 0.412. The molecule has 0 aromatic heterocycles. The second kappa shape index (κ2) is 6.05. The number of carbonyl (C=O) groups is 3. The van der Waals surface area contributed by atoms with Crippen molar-refractivity contribution in [3.05, 3.63) is 27.1 Å². The SMILES string of the molecule is CCCC1C(=O)NC(=O)N(c2cc(Br)ccc2Br)C1=O. The highest BCUT2D eigenvalue weighted by Gasteiger charge is 2.41. The smallest absolute Gasteiger partial charge is 0.277 e. The predicted molar refractivity (Wildman–Crippen MR) is 81.3 cm³/mol. The van der Waals surface area contributed by atoms with E-state index < -0.39 is 23.8 Å². The van der Waals surface area contributed by atoms with Crippen LogP contribution in [0.5, 0.6) is 0 Å². The Balaban J connectivity index is 2.43. The zero-order valence-electron chi connectivity index (χ0n) is 10.7. The van der Waals surface area contributed by atoms with Crippen LogP contribution in [0.2, 0.25) is 0 Å². The van der Waals surface area contributed by atoms with Gasteiger partial charge in [0.1, 0.15) is 5.92 Å². The van der Waals surface area contributed by atoms with Gasteiger partial charge >= 0.3 is 6.03 Å². The number of hydrogen-bond donors (Lipinski definition) is 1. The van der Waals surface area contributed by atoms with Crippen molar-refractivity contribution in [2.75, 3.05) is 4.90 Å². The van der Waals surface area contributed by atoms with E-state index in [9.17, 15) is 14.4 Å². The van der Waals surface area contributed by atoms with E-state index >= 15 is 0 Å². The van der Waals surface area contributed by atoms with Crippen LogP contribution in [0.3, 0.4) is 0 Å². The van der Waals surface area contributed by atoms with Gasteiger partial charge in [-0.3, -0.25) is 14.9 Å². The molecular formula is C13H12Br2N2O3. The number of urea groups is 1. The van der Waals surface area contributed by atoms with Crippen molar-refractivity contribution in [1.82, 2.24) is 5.32 Å². The molecule has 1 saturated heterocycles. The van der Waals surface area contributed by atoms with E-state index in [1.54, 1.807) is 18.2 Å². The number of rotatable bonds is 3. The minimum Gasteiger partial charge on any atom is -0.277 e. The first kappa shape index (κ1) is 15.2. The van der Waals surface area contributed by atoms with Gasteiger partial charge in [-0.05, 0) is 40.5 Å². The monoisotopic (exact) mass is 402 g/mol.